The number of hydrogen-bond acceptors (Lipinski definition) is 6. The second-order valence-corrected chi connectivity index (χ2v) is 8.87. The monoisotopic (exact) mass is 378 g/mol. The summed E-state index contributed by atoms with van der Waals surface area (Å²) in [5, 5.41) is 7.19. The Morgan fingerprint density at radius 2 is 1.92 bits per heavy atom. The summed E-state index contributed by atoms with van der Waals surface area (Å²) in [5.74, 6) is 1.43. The lowest BCUT2D eigenvalue weighted by atomic mass is 9.98. The topological polar surface area (TPSA) is 88.3 Å². The first-order chi connectivity index (χ1) is 12.4. The van der Waals surface area contributed by atoms with Crippen LogP contribution >= 0.6 is 0 Å². The van der Waals surface area contributed by atoms with Gasteiger partial charge in [0.2, 0.25) is 15.9 Å². The molecule has 0 aliphatic carbocycles. The molecule has 1 atom stereocenters. The molecule has 8 heteroatoms. The van der Waals surface area contributed by atoms with Gasteiger partial charge in [0.15, 0.2) is 5.82 Å². The maximum absolute atomic E-state index is 12.8. The molecule has 0 radical (unpaired) electrons. The third-order valence-electron chi connectivity index (χ3n) is 4.93. The molecule has 2 aromatic rings. The molecule has 1 aromatic heterocycles. The fraction of sp³-hybridized carbons (Fsp3) is 0.556. The summed E-state index contributed by atoms with van der Waals surface area (Å²) in [6.07, 6.45) is 2.09. The van der Waals surface area contributed by atoms with E-state index in [4.69, 9.17) is 4.52 Å². The molecule has 1 saturated heterocycles. The van der Waals surface area contributed by atoms with Crippen LogP contribution in [0.3, 0.4) is 0 Å². The number of hydrogen-bond donors (Lipinski definition) is 1. The van der Waals surface area contributed by atoms with Gasteiger partial charge in [0, 0.05) is 31.5 Å². The van der Waals surface area contributed by atoms with Crippen LogP contribution in [0.2, 0.25) is 0 Å². The molecule has 0 amide bonds. The molecule has 1 fully saturated rings. The van der Waals surface area contributed by atoms with Gasteiger partial charge >= 0.3 is 0 Å². The lowest BCUT2D eigenvalue weighted by molar-refractivity contribution is 0.270. The van der Waals surface area contributed by atoms with Crippen LogP contribution in [0.15, 0.2) is 33.7 Å². The highest BCUT2D eigenvalue weighted by Gasteiger charge is 2.32. The summed E-state index contributed by atoms with van der Waals surface area (Å²) in [6, 6.07) is 7.27. The van der Waals surface area contributed by atoms with E-state index < -0.39 is 10.0 Å². The van der Waals surface area contributed by atoms with E-state index in [2.05, 4.69) is 22.4 Å². The maximum Gasteiger partial charge on any atom is 0.243 e. The minimum Gasteiger partial charge on any atom is -0.339 e. The molecule has 0 bridgehead atoms. The Morgan fingerprint density at radius 3 is 2.54 bits per heavy atom. The van der Waals surface area contributed by atoms with Crippen molar-refractivity contribution in [1.82, 2.24) is 19.8 Å². The Hall–Kier alpha value is -1.77. The largest absolute Gasteiger partial charge is 0.339 e. The lowest BCUT2D eigenvalue weighted by Gasteiger charge is -2.29. The summed E-state index contributed by atoms with van der Waals surface area (Å²) in [4.78, 5) is 4.84. The van der Waals surface area contributed by atoms with Gasteiger partial charge < -0.3 is 9.84 Å². The molecular formula is C18H26N4O3S. The highest BCUT2D eigenvalue weighted by molar-refractivity contribution is 7.89. The van der Waals surface area contributed by atoms with E-state index in [1.54, 1.807) is 16.4 Å². The number of piperidine rings is 1. The smallest absolute Gasteiger partial charge is 0.243 e. The molecule has 142 valence electrons. The summed E-state index contributed by atoms with van der Waals surface area (Å²) in [6.45, 7) is 4.93. The van der Waals surface area contributed by atoms with Crippen molar-refractivity contribution < 1.29 is 12.9 Å². The molecule has 1 aliphatic rings. The van der Waals surface area contributed by atoms with E-state index in [0.29, 0.717) is 49.0 Å². The SMILES string of the molecule is CNC(C)Cc1noc(C2CCN(S(=O)(=O)c3ccc(C)cc3)CC2)n1. The Bertz CT molecular complexity index is 824. The van der Waals surface area contributed by atoms with Crippen LogP contribution in [-0.4, -0.2) is 49.0 Å². The second-order valence-electron chi connectivity index (χ2n) is 6.93. The second kappa shape index (κ2) is 7.85. The van der Waals surface area contributed by atoms with Crippen molar-refractivity contribution in [2.45, 2.75) is 50.0 Å². The normalized spacial score (nSPS) is 18.1. The van der Waals surface area contributed by atoms with Gasteiger partial charge in [0.05, 0.1) is 4.90 Å². The zero-order valence-corrected chi connectivity index (χ0v) is 16.3. The number of rotatable bonds is 6. The number of likely N-dealkylation sites (N-methyl/N-ethyl adjacent to an activating group) is 1. The van der Waals surface area contributed by atoms with Crippen molar-refractivity contribution in [3.05, 3.63) is 41.5 Å². The van der Waals surface area contributed by atoms with E-state index in [1.807, 2.05) is 26.1 Å². The fourth-order valence-corrected chi connectivity index (χ4v) is 4.56. The third kappa shape index (κ3) is 4.13. The minimum atomic E-state index is -3.44. The average Bonchev–Trinajstić information content (AvgIpc) is 3.10. The Kier molecular flexibility index (Phi) is 5.74. The Labute approximate surface area is 154 Å². The molecule has 1 N–H and O–H groups in total. The lowest BCUT2D eigenvalue weighted by Crippen LogP contribution is -2.37. The van der Waals surface area contributed by atoms with E-state index >= 15 is 0 Å². The molecule has 0 saturated carbocycles. The molecule has 7 nitrogen and oxygen atoms in total. The van der Waals surface area contributed by atoms with Crippen molar-refractivity contribution in [3.63, 3.8) is 0 Å². The summed E-state index contributed by atoms with van der Waals surface area (Å²) < 4.78 is 32.5. The van der Waals surface area contributed by atoms with Gasteiger partial charge in [-0.15, -0.1) is 0 Å². The van der Waals surface area contributed by atoms with E-state index in [9.17, 15) is 8.42 Å². The number of aromatic nitrogens is 2. The number of nitrogens with zero attached hydrogens (tertiary/aromatic N) is 3. The van der Waals surface area contributed by atoms with E-state index in [-0.39, 0.29) is 12.0 Å². The Balaban J connectivity index is 1.63. The van der Waals surface area contributed by atoms with Crippen molar-refractivity contribution in [3.8, 4) is 0 Å². The highest BCUT2D eigenvalue weighted by Crippen LogP contribution is 2.30. The molecule has 26 heavy (non-hydrogen) atoms. The number of sulfonamides is 1. The van der Waals surface area contributed by atoms with Gasteiger partial charge in [0.1, 0.15) is 0 Å². The van der Waals surface area contributed by atoms with Gasteiger partial charge in [-0.05, 0) is 45.9 Å². The van der Waals surface area contributed by atoms with Crippen LogP contribution in [-0.2, 0) is 16.4 Å². The van der Waals surface area contributed by atoms with Gasteiger partial charge in [0.25, 0.3) is 0 Å². The van der Waals surface area contributed by atoms with Crippen LogP contribution in [0.25, 0.3) is 0 Å². The van der Waals surface area contributed by atoms with E-state index in [0.717, 1.165) is 5.56 Å². The van der Waals surface area contributed by atoms with Crippen LogP contribution in [0, 0.1) is 6.92 Å². The molecule has 2 heterocycles. The Morgan fingerprint density at radius 1 is 1.27 bits per heavy atom. The predicted octanol–water partition coefficient (Wildman–Crippen LogP) is 2.10. The van der Waals surface area contributed by atoms with Gasteiger partial charge in [-0.2, -0.15) is 9.29 Å². The first kappa shape index (κ1) is 19.0. The van der Waals surface area contributed by atoms with E-state index in [1.165, 1.54) is 0 Å². The molecule has 0 spiro atoms. The molecule has 1 aromatic carbocycles. The average molecular weight is 378 g/mol. The standard InChI is InChI=1S/C18H26N4O3S/c1-13-4-6-16(7-5-13)26(23,24)22-10-8-15(9-11-22)18-20-17(21-25-18)12-14(2)19-3/h4-7,14-15,19H,8-12H2,1-3H3. The van der Waals surface area contributed by atoms with Gasteiger partial charge in [-0.1, -0.05) is 22.9 Å². The molecule has 1 unspecified atom stereocenters. The summed E-state index contributed by atoms with van der Waals surface area (Å²) in [7, 11) is -1.54. The van der Waals surface area contributed by atoms with Crippen LogP contribution in [0.5, 0.6) is 0 Å². The first-order valence-corrected chi connectivity index (χ1v) is 10.4. The van der Waals surface area contributed by atoms with Crippen molar-refractivity contribution in [1.29, 1.82) is 0 Å². The maximum atomic E-state index is 12.8. The van der Waals surface area contributed by atoms with Gasteiger partial charge in [-0.3, -0.25) is 0 Å². The minimum absolute atomic E-state index is 0.116. The van der Waals surface area contributed by atoms with Crippen LogP contribution in [0.1, 0.15) is 43.0 Å². The highest BCUT2D eigenvalue weighted by atomic mass is 32.2. The number of nitrogens with one attached hydrogen (secondary N) is 1. The van der Waals surface area contributed by atoms with Gasteiger partial charge in [-0.25, -0.2) is 8.42 Å². The zero-order chi connectivity index (χ0) is 18.7. The fourth-order valence-electron chi connectivity index (χ4n) is 3.09. The summed E-state index contributed by atoms with van der Waals surface area (Å²) >= 11 is 0. The molecule has 1 aliphatic heterocycles. The quantitative estimate of drug-likeness (QED) is 0.828. The predicted molar refractivity (Wildman–Crippen MR) is 98.4 cm³/mol. The van der Waals surface area contributed by atoms with Crippen molar-refractivity contribution >= 4 is 10.0 Å². The van der Waals surface area contributed by atoms with Crippen LogP contribution in [0.4, 0.5) is 0 Å². The number of aryl methyl sites for hydroxylation is 1. The third-order valence-corrected chi connectivity index (χ3v) is 6.84. The van der Waals surface area contributed by atoms with Crippen molar-refractivity contribution in [2.24, 2.45) is 0 Å². The first-order valence-electron chi connectivity index (χ1n) is 8.96. The summed E-state index contributed by atoms with van der Waals surface area (Å²) in [5.41, 5.74) is 1.04. The number of benzene rings is 1. The van der Waals surface area contributed by atoms with Crippen molar-refractivity contribution in [2.75, 3.05) is 20.1 Å². The van der Waals surface area contributed by atoms with Crippen LogP contribution < -0.4 is 5.32 Å². The molecular weight excluding hydrogens is 352 g/mol. The molecule has 3 rings (SSSR count). The zero-order valence-electron chi connectivity index (χ0n) is 15.5.